The summed E-state index contributed by atoms with van der Waals surface area (Å²) in [5.74, 6) is -0.246. The minimum absolute atomic E-state index is 0.246. The van der Waals surface area contributed by atoms with Gasteiger partial charge in [0.25, 0.3) is 5.91 Å². The Labute approximate surface area is 130 Å². The van der Waals surface area contributed by atoms with Gasteiger partial charge in [-0.1, -0.05) is 41.7 Å². The van der Waals surface area contributed by atoms with Gasteiger partial charge in [-0.15, -0.1) is 0 Å². The van der Waals surface area contributed by atoms with Gasteiger partial charge in [-0.25, -0.2) is 4.98 Å². The average Bonchev–Trinajstić information content (AvgIpc) is 3.13. The number of benzene rings is 2. The van der Waals surface area contributed by atoms with E-state index in [9.17, 15) is 4.79 Å². The van der Waals surface area contributed by atoms with E-state index in [0.717, 1.165) is 15.6 Å². The summed E-state index contributed by atoms with van der Waals surface area (Å²) in [5, 5.41) is 9.81. The van der Waals surface area contributed by atoms with E-state index in [-0.39, 0.29) is 5.91 Å². The van der Waals surface area contributed by atoms with Crippen LogP contribution in [0.3, 0.4) is 0 Å². The molecular formula is C16H12N4OS. The summed E-state index contributed by atoms with van der Waals surface area (Å²) in [6, 6.07) is 13.9. The van der Waals surface area contributed by atoms with Gasteiger partial charge in [0.15, 0.2) is 10.8 Å². The molecule has 0 fully saturated rings. The lowest BCUT2D eigenvalue weighted by Crippen LogP contribution is -2.12. The van der Waals surface area contributed by atoms with E-state index < -0.39 is 0 Å². The predicted octanol–water partition coefficient (Wildman–Crippen LogP) is 3.44. The lowest BCUT2D eigenvalue weighted by atomic mass is 10.1. The zero-order valence-corrected chi connectivity index (χ0v) is 12.6. The molecule has 4 aromatic rings. The third-order valence-corrected chi connectivity index (χ3v) is 4.47. The first kappa shape index (κ1) is 13.0. The molecular weight excluding hydrogens is 296 g/mol. The number of carbonyl (C=O) groups excluding carboxylic acids is 1. The van der Waals surface area contributed by atoms with E-state index in [1.165, 1.54) is 16.7 Å². The van der Waals surface area contributed by atoms with Crippen molar-refractivity contribution in [3.63, 3.8) is 0 Å². The summed E-state index contributed by atoms with van der Waals surface area (Å²) >= 11 is 1.48. The third-order valence-electron chi connectivity index (χ3n) is 3.45. The molecule has 0 unspecified atom stereocenters. The predicted molar refractivity (Wildman–Crippen MR) is 88.3 cm³/mol. The van der Waals surface area contributed by atoms with Crippen LogP contribution in [0.15, 0.2) is 48.7 Å². The van der Waals surface area contributed by atoms with Gasteiger partial charge in [0.1, 0.15) is 0 Å². The molecule has 0 saturated heterocycles. The number of aryl methyl sites for hydroxylation is 1. The standard InChI is InChI=1S/C16H12N4OS/c1-20-9-8-13(19-20)15(21)18-16-17-12-7-6-10-4-2-3-5-11(10)14(12)22-16/h2-9H,1H3,(H,17,18,21). The SMILES string of the molecule is Cn1ccc(C(=O)Nc2nc3ccc4ccccc4c3s2)n1. The number of nitrogens with one attached hydrogen (secondary N) is 1. The highest BCUT2D eigenvalue weighted by atomic mass is 32.1. The number of carbonyl (C=O) groups is 1. The Morgan fingerprint density at radius 1 is 1.18 bits per heavy atom. The summed E-state index contributed by atoms with van der Waals surface area (Å²) < 4.78 is 2.68. The molecule has 0 spiro atoms. The number of anilines is 1. The topological polar surface area (TPSA) is 59.8 Å². The molecule has 0 radical (unpaired) electrons. The first-order valence-corrected chi connectivity index (χ1v) is 7.62. The number of hydrogen-bond donors (Lipinski definition) is 1. The molecule has 1 N–H and O–H groups in total. The fourth-order valence-corrected chi connectivity index (χ4v) is 3.40. The van der Waals surface area contributed by atoms with Crippen LogP contribution in [-0.4, -0.2) is 20.7 Å². The van der Waals surface area contributed by atoms with E-state index in [1.807, 2.05) is 24.3 Å². The lowest BCUT2D eigenvalue weighted by Gasteiger charge is -1.97. The summed E-state index contributed by atoms with van der Waals surface area (Å²) in [6.45, 7) is 0. The minimum Gasteiger partial charge on any atom is -0.296 e. The second kappa shape index (κ2) is 4.92. The highest BCUT2D eigenvalue weighted by Crippen LogP contribution is 2.32. The summed E-state index contributed by atoms with van der Waals surface area (Å²) in [5.41, 5.74) is 1.27. The molecule has 22 heavy (non-hydrogen) atoms. The molecule has 4 rings (SSSR count). The second-order valence-corrected chi connectivity index (χ2v) is 5.98. The third kappa shape index (κ3) is 2.14. The molecule has 6 heteroatoms. The highest BCUT2D eigenvalue weighted by molar-refractivity contribution is 7.23. The van der Waals surface area contributed by atoms with Crippen molar-refractivity contribution in [1.29, 1.82) is 0 Å². The van der Waals surface area contributed by atoms with Crippen molar-refractivity contribution >= 4 is 43.4 Å². The van der Waals surface area contributed by atoms with Crippen LogP contribution in [-0.2, 0) is 7.05 Å². The van der Waals surface area contributed by atoms with Gasteiger partial charge >= 0.3 is 0 Å². The van der Waals surface area contributed by atoms with Crippen molar-refractivity contribution in [1.82, 2.24) is 14.8 Å². The number of aromatic nitrogens is 3. The van der Waals surface area contributed by atoms with Crippen molar-refractivity contribution < 1.29 is 4.79 Å². The normalized spacial score (nSPS) is 11.1. The number of fused-ring (bicyclic) bond motifs is 3. The Bertz CT molecular complexity index is 1000. The van der Waals surface area contributed by atoms with Gasteiger partial charge in [-0.3, -0.25) is 14.8 Å². The van der Waals surface area contributed by atoms with Crippen molar-refractivity contribution in [2.24, 2.45) is 7.05 Å². The Morgan fingerprint density at radius 2 is 2.05 bits per heavy atom. The number of amides is 1. The maximum Gasteiger partial charge on any atom is 0.277 e. The van der Waals surface area contributed by atoms with Crippen molar-refractivity contribution in [2.45, 2.75) is 0 Å². The van der Waals surface area contributed by atoms with Gasteiger partial charge in [0, 0.05) is 18.6 Å². The van der Waals surface area contributed by atoms with Crippen LogP contribution in [0.25, 0.3) is 21.0 Å². The van der Waals surface area contributed by atoms with Crippen LogP contribution in [0.1, 0.15) is 10.5 Å². The first-order valence-electron chi connectivity index (χ1n) is 6.80. The number of rotatable bonds is 2. The Kier molecular flexibility index (Phi) is 2.90. The minimum atomic E-state index is -0.246. The Hall–Kier alpha value is -2.73. The number of thiazole rings is 1. The molecule has 5 nitrogen and oxygen atoms in total. The van der Waals surface area contributed by atoms with Gasteiger partial charge in [-0.05, 0) is 17.5 Å². The molecule has 1 amide bonds. The van der Waals surface area contributed by atoms with Crippen molar-refractivity contribution in [3.05, 3.63) is 54.4 Å². The summed E-state index contributed by atoms with van der Waals surface area (Å²) in [4.78, 5) is 16.6. The lowest BCUT2D eigenvalue weighted by molar-refractivity contribution is 0.102. The van der Waals surface area contributed by atoms with E-state index >= 15 is 0 Å². The largest absolute Gasteiger partial charge is 0.296 e. The van der Waals surface area contributed by atoms with E-state index in [0.29, 0.717) is 10.8 Å². The van der Waals surface area contributed by atoms with E-state index in [4.69, 9.17) is 0 Å². The van der Waals surface area contributed by atoms with Gasteiger partial charge in [-0.2, -0.15) is 5.10 Å². The van der Waals surface area contributed by atoms with Gasteiger partial charge < -0.3 is 0 Å². The summed E-state index contributed by atoms with van der Waals surface area (Å²) in [6.07, 6.45) is 1.74. The smallest absolute Gasteiger partial charge is 0.277 e. The second-order valence-electron chi connectivity index (χ2n) is 4.98. The number of nitrogens with zero attached hydrogens (tertiary/aromatic N) is 3. The molecule has 0 aliphatic rings. The van der Waals surface area contributed by atoms with Crippen LogP contribution >= 0.6 is 11.3 Å². The zero-order valence-electron chi connectivity index (χ0n) is 11.8. The molecule has 0 aliphatic carbocycles. The Morgan fingerprint density at radius 3 is 2.86 bits per heavy atom. The molecule has 2 heterocycles. The van der Waals surface area contributed by atoms with Crippen LogP contribution < -0.4 is 5.32 Å². The fourth-order valence-electron chi connectivity index (χ4n) is 2.41. The average molecular weight is 308 g/mol. The van der Waals surface area contributed by atoms with Gasteiger partial charge in [0.2, 0.25) is 0 Å². The highest BCUT2D eigenvalue weighted by Gasteiger charge is 2.13. The van der Waals surface area contributed by atoms with Crippen molar-refractivity contribution in [3.8, 4) is 0 Å². The molecule has 108 valence electrons. The van der Waals surface area contributed by atoms with Crippen LogP contribution in [0, 0.1) is 0 Å². The molecule has 0 saturated carbocycles. The zero-order chi connectivity index (χ0) is 15.1. The molecule has 0 atom stereocenters. The van der Waals surface area contributed by atoms with Gasteiger partial charge in [0.05, 0.1) is 10.2 Å². The molecule has 2 aromatic heterocycles. The molecule has 0 bridgehead atoms. The monoisotopic (exact) mass is 308 g/mol. The molecule has 0 aliphatic heterocycles. The van der Waals surface area contributed by atoms with Crippen LogP contribution in [0.5, 0.6) is 0 Å². The molecule has 2 aromatic carbocycles. The maximum atomic E-state index is 12.1. The van der Waals surface area contributed by atoms with E-state index in [1.54, 1.807) is 24.0 Å². The van der Waals surface area contributed by atoms with E-state index in [2.05, 4.69) is 27.5 Å². The maximum absolute atomic E-state index is 12.1. The van der Waals surface area contributed by atoms with Crippen LogP contribution in [0.4, 0.5) is 5.13 Å². The quantitative estimate of drug-likeness (QED) is 0.617. The first-order chi connectivity index (χ1) is 10.7. The summed E-state index contributed by atoms with van der Waals surface area (Å²) in [7, 11) is 1.78. The Balaban J connectivity index is 1.73. The van der Waals surface area contributed by atoms with Crippen LogP contribution in [0.2, 0.25) is 0 Å². The fraction of sp³-hybridized carbons (Fsp3) is 0.0625. The van der Waals surface area contributed by atoms with Crippen molar-refractivity contribution in [2.75, 3.05) is 5.32 Å². The number of hydrogen-bond acceptors (Lipinski definition) is 4.